The van der Waals surface area contributed by atoms with E-state index in [0.29, 0.717) is 6.54 Å². The first-order valence-electron chi connectivity index (χ1n) is 6.59. The van der Waals surface area contributed by atoms with Gasteiger partial charge in [-0.05, 0) is 24.1 Å². The Bertz CT molecular complexity index is 459. The van der Waals surface area contributed by atoms with E-state index < -0.39 is 0 Å². The molecule has 2 aliphatic rings. The maximum atomic E-state index is 11.5. The van der Waals surface area contributed by atoms with Crippen LogP contribution in [0.4, 0.5) is 0 Å². The van der Waals surface area contributed by atoms with E-state index in [1.165, 1.54) is 5.56 Å². The van der Waals surface area contributed by atoms with Crippen LogP contribution in [0.3, 0.4) is 0 Å². The van der Waals surface area contributed by atoms with Crippen LogP contribution in [0.1, 0.15) is 5.56 Å². The number of halogens is 1. The molecular formula is C14H17ClN2O2. The first-order chi connectivity index (χ1) is 9.22. The van der Waals surface area contributed by atoms with Gasteiger partial charge in [0.2, 0.25) is 5.91 Å². The smallest absolute Gasteiger partial charge is 0.234 e. The van der Waals surface area contributed by atoms with E-state index in [1.54, 1.807) is 0 Å². The average Bonchev–Trinajstić information content (AvgIpc) is 3.22. The summed E-state index contributed by atoms with van der Waals surface area (Å²) in [7, 11) is 0. The van der Waals surface area contributed by atoms with Gasteiger partial charge in [-0.1, -0.05) is 23.7 Å². The van der Waals surface area contributed by atoms with E-state index in [-0.39, 0.29) is 18.1 Å². The number of piperazine rings is 1. The van der Waals surface area contributed by atoms with Gasteiger partial charge in [-0.2, -0.15) is 0 Å². The Morgan fingerprint density at radius 1 is 1.42 bits per heavy atom. The number of nitrogens with zero attached hydrogens (tertiary/aromatic N) is 1. The molecule has 0 aromatic heterocycles. The largest absolute Gasteiger partial charge is 0.371 e. The van der Waals surface area contributed by atoms with Crippen molar-refractivity contribution in [2.24, 2.45) is 0 Å². The summed E-state index contributed by atoms with van der Waals surface area (Å²) in [6.45, 7) is 2.89. The maximum Gasteiger partial charge on any atom is 0.234 e. The number of amides is 1. The van der Waals surface area contributed by atoms with Crippen LogP contribution < -0.4 is 5.32 Å². The molecular weight excluding hydrogens is 264 g/mol. The van der Waals surface area contributed by atoms with Gasteiger partial charge in [0.1, 0.15) is 0 Å². The number of nitrogens with one attached hydrogen (secondary N) is 1. The van der Waals surface area contributed by atoms with Crippen molar-refractivity contribution in [2.75, 3.05) is 26.2 Å². The highest BCUT2D eigenvalue weighted by molar-refractivity contribution is 6.30. The number of hydrogen-bond donors (Lipinski definition) is 1. The summed E-state index contributed by atoms with van der Waals surface area (Å²) in [5.74, 6) is 0.105. The second kappa shape index (κ2) is 5.49. The monoisotopic (exact) mass is 280 g/mol. The van der Waals surface area contributed by atoms with Gasteiger partial charge in [-0.3, -0.25) is 9.69 Å². The van der Waals surface area contributed by atoms with Crippen LogP contribution in [0.2, 0.25) is 5.02 Å². The highest BCUT2D eigenvalue weighted by atomic mass is 35.5. The topological polar surface area (TPSA) is 44.9 Å². The Morgan fingerprint density at radius 2 is 2.16 bits per heavy atom. The molecule has 1 amide bonds. The molecule has 2 atom stereocenters. The lowest BCUT2D eigenvalue weighted by molar-refractivity contribution is -0.125. The van der Waals surface area contributed by atoms with Crippen molar-refractivity contribution in [3.05, 3.63) is 34.9 Å². The van der Waals surface area contributed by atoms with Gasteiger partial charge in [0.15, 0.2) is 0 Å². The number of benzene rings is 1. The number of hydrogen-bond acceptors (Lipinski definition) is 3. The Balaban J connectivity index is 1.70. The first kappa shape index (κ1) is 12.9. The molecule has 102 valence electrons. The number of ether oxygens (including phenoxy) is 1. The third kappa shape index (κ3) is 3.26. The highest BCUT2D eigenvalue weighted by Gasteiger charge is 2.38. The SMILES string of the molecule is O=C1CN(C(Cc2ccc(Cl)cc2)C2CO2)CCN1. The average molecular weight is 281 g/mol. The normalized spacial score (nSPS) is 24.9. The summed E-state index contributed by atoms with van der Waals surface area (Å²) >= 11 is 5.90. The fourth-order valence-corrected chi connectivity index (χ4v) is 2.70. The van der Waals surface area contributed by atoms with Crippen LogP contribution in [-0.4, -0.2) is 49.2 Å². The minimum Gasteiger partial charge on any atom is -0.371 e. The minimum atomic E-state index is 0.105. The molecule has 2 unspecified atom stereocenters. The van der Waals surface area contributed by atoms with Gasteiger partial charge < -0.3 is 10.1 Å². The molecule has 0 aliphatic carbocycles. The molecule has 1 N–H and O–H groups in total. The Hall–Kier alpha value is -1.10. The molecule has 0 bridgehead atoms. The lowest BCUT2D eigenvalue weighted by Gasteiger charge is -2.33. The Kier molecular flexibility index (Phi) is 3.73. The third-order valence-electron chi connectivity index (χ3n) is 3.68. The molecule has 2 saturated heterocycles. The molecule has 0 saturated carbocycles. The van der Waals surface area contributed by atoms with E-state index in [1.807, 2.05) is 24.3 Å². The number of carbonyl (C=O) groups is 1. The van der Waals surface area contributed by atoms with Crippen molar-refractivity contribution in [3.63, 3.8) is 0 Å². The molecule has 1 aromatic rings. The van der Waals surface area contributed by atoms with Crippen molar-refractivity contribution < 1.29 is 9.53 Å². The van der Waals surface area contributed by atoms with Gasteiger partial charge in [0, 0.05) is 24.2 Å². The zero-order valence-electron chi connectivity index (χ0n) is 10.6. The molecule has 0 spiro atoms. The molecule has 3 rings (SSSR count). The van der Waals surface area contributed by atoms with Crippen LogP contribution in [-0.2, 0) is 16.0 Å². The van der Waals surface area contributed by atoms with Crippen LogP contribution >= 0.6 is 11.6 Å². The van der Waals surface area contributed by atoms with Crippen LogP contribution in [0.5, 0.6) is 0 Å². The Morgan fingerprint density at radius 3 is 2.79 bits per heavy atom. The van der Waals surface area contributed by atoms with Gasteiger partial charge in [-0.25, -0.2) is 0 Å². The van der Waals surface area contributed by atoms with Crippen molar-refractivity contribution >= 4 is 17.5 Å². The zero-order valence-corrected chi connectivity index (χ0v) is 11.4. The highest BCUT2D eigenvalue weighted by Crippen LogP contribution is 2.24. The summed E-state index contributed by atoms with van der Waals surface area (Å²) in [5, 5.41) is 3.61. The Labute approximate surface area is 117 Å². The summed E-state index contributed by atoms with van der Waals surface area (Å²) < 4.78 is 5.46. The van der Waals surface area contributed by atoms with Gasteiger partial charge in [-0.15, -0.1) is 0 Å². The van der Waals surface area contributed by atoms with Crippen molar-refractivity contribution in [3.8, 4) is 0 Å². The predicted octanol–water partition coefficient (Wildman–Crippen LogP) is 1.08. The van der Waals surface area contributed by atoms with Gasteiger partial charge in [0.05, 0.1) is 19.3 Å². The summed E-state index contributed by atoms with van der Waals surface area (Å²) in [6, 6.07) is 8.19. The van der Waals surface area contributed by atoms with Gasteiger partial charge in [0.25, 0.3) is 0 Å². The summed E-state index contributed by atoms with van der Waals surface area (Å²) in [6.07, 6.45) is 1.16. The van der Waals surface area contributed by atoms with Crippen molar-refractivity contribution in [2.45, 2.75) is 18.6 Å². The molecule has 4 nitrogen and oxygen atoms in total. The molecule has 2 heterocycles. The minimum absolute atomic E-state index is 0.105. The van der Waals surface area contributed by atoms with Crippen molar-refractivity contribution in [1.82, 2.24) is 10.2 Å². The molecule has 1 aromatic carbocycles. The predicted molar refractivity (Wildman–Crippen MR) is 73.3 cm³/mol. The van der Waals surface area contributed by atoms with Crippen molar-refractivity contribution in [1.29, 1.82) is 0 Å². The fraction of sp³-hybridized carbons (Fsp3) is 0.500. The zero-order chi connectivity index (χ0) is 13.2. The second-order valence-electron chi connectivity index (χ2n) is 5.09. The standard InChI is InChI=1S/C14H17ClN2O2/c15-11-3-1-10(2-4-11)7-12(13-9-19-13)17-6-5-16-14(18)8-17/h1-4,12-13H,5-9H2,(H,16,18). The molecule has 0 radical (unpaired) electrons. The van der Waals surface area contributed by atoms with E-state index in [4.69, 9.17) is 16.3 Å². The van der Waals surface area contributed by atoms with E-state index >= 15 is 0 Å². The second-order valence-corrected chi connectivity index (χ2v) is 5.53. The summed E-state index contributed by atoms with van der Waals surface area (Å²) in [5.41, 5.74) is 1.23. The number of carbonyl (C=O) groups excluding carboxylic acids is 1. The van der Waals surface area contributed by atoms with Crippen LogP contribution in [0.25, 0.3) is 0 Å². The fourth-order valence-electron chi connectivity index (χ4n) is 2.58. The lowest BCUT2D eigenvalue weighted by atomic mass is 10.0. The maximum absolute atomic E-state index is 11.5. The number of epoxide rings is 1. The van der Waals surface area contributed by atoms with E-state index in [2.05, 4.69) is 10.2 Å². The first-order valence-corrected chi connectivity index (χ1v) is 6.97. The van der Waals surface area contributed by atoms with E-state index in [9.17, 15) is 4.79 Å². The summed E-state index contributed by atoms with van der Waals surface area (Å²) in [4.78, 5) is 13.7. The molecule has 2 fully saturated rings. The van der Waals surface area contributed by atoms with E-state index in [0.717, 1.165) is 31.1 Å². The third-order valence-corrected chi connectivity index (χ3v) is 3.94. The molecule has 2 aliphatic heterocycles. The molecule has 19 heavy (non-hydrogen) atoms. The van der Waals surface area contributed by atoms with Gasteiger partial charge >= 0.3 is 0 Å². The van der Waals surface area contributed by atoms with Crippen LogP contribution in [0.15, 0.2) is 24.3 Å². The quantitative estimate of drug-likeness (QED) is 0.840. The molecule has 5 heteroatoms. The lowest BCUT2D eigenvalue weighted by Crippen LogP contribution is -2.53. The number of rotatable bonds is 4. The van der Waals surface area contributed by atoms with Crippen LogP contribution in [0, 0.1) is 0 Å².